The highest BCUT2D eigenvalue weighted by Gasteiger charge is 2.40. The Balaban J connectivity index is 1.54. The Kier molecular flexibility index (Phi) is 8.73. The Morgan fingerprint density at radius 1 is 1.12 bits per heavy atom. The second-order valence-electron chi connectivity index (χ2n) is 9.24. The van der Waals surface area contributed by atoms with Gasteiger partial charge in [-0.25, -0.2) is 18.2 Å². The maximum Gasteiger partial charge on any atom is 0.410 e. The number of carbonyl (C=O) groups is 1. The fourth-order valence-corrected chi connectivity index (χ4v) is 6.97. The molecule has 5 rings (SSSR count). The van der Waals surface area contributed by atoms with Crippen molar-refractivity contribution in [1.29, 1.82) is 0 Å². The quantitative estimate of drug-likeness (QED) is 0.133. The van der Waals surface area contributed by atoms with Gasteiger partial charge >= 0.3 is 6.09 Å². The number of para-hydroxylation sites is 2. The lowest BCUT2D eigenvalue weighted by atomic mass is 10.1. The maximum atomic E-state index is 13.9. The van der Waals surface area contributed by atoms with Crippen LogP contribution in [0.25, 0.3) is 15.8 Å². The van der Waals surface area contributed by atoms with E-state index in [-0.39, 0.29) is 26.3 Å². The highest BCUT2D eigenvalue weighted by Crippen LogP contribution is 2.34. The van der Waals surface area contributed by atoms with Gasteiger partial charge in [0.1, 0.15) is 11.6 Å². The Morgan fingerprint density at radius 2 is 1.83 bits per heavy atom. The Labute approximate surface area is 246 Å². The van der Waals surface area contributed by atoms with Crippen LogP contribution in [-0.4, -0.2) is 59.5 Å². The number of benzene rings is 3. The lowest BCUT2D eigenvalue weighted by Crippen LogP contribution is -2.50. The minimum absolute atomic E-state index is 0.0201. The summed E-state index contributed by atoms with van der Waals surface area (Å²) in [6.45, 7) is 3.37. The van der Waals surface area contributed by atoms with Gasteiger partial charge in [0.05, 0.1) is 34.3 Å². The fraction of sp³-hybridized carbons (Fsp3) is 0.172. The molecule has 0 N–H and O–H groups in total. The first kappa shape index (κ1) is 29.1. The van der Waals surface area contributed by atoms with E-state index in [9.17, 15) is 23.3 Å². The molecule has 2 heterocycles. The summed E-state index contributed by atoms with van der Waals surface area (Å²) in [5.41, 5.74) is 1.52. The summed E-state index contributed by atoms with van der Waals surface area (Å²) in [5.74, 6) is 0. The fourth-order valence-electron chi connectivity index (χ4n) is 4.45. The maximum absolute atomic E-state index is 13.9. The van der Waals surface area contributed by atoms with Crippen LogP contribution in [0.3, 0.4) is 0 Å². The van der Waals surface area contributed by atoms with Crippen molar-refractivity contribution >= 4 is 48.9 Å². The molecule has 0 fully saturated rings. The van der Waals surface area contributed by atoms with Crippen molar-refractivity contribution in [3.8, 4) is 0 Å². The van der Waals surface area contributed by atoms with Gasteiger partial charge in [-0.05, 0) is 23.8 Å². The van der Waals surface area contributed by atoms with E-state index in [0.29, 0.717) is 15.0 Å². The molecule has 0 saturated heterocycles. The van der Waals surface area contributed by atoms with Crippen molar-refractivity contribution in [3.63, 3.8) is 0 Å². The predicted octanol–water partition coefficient (Wildman–Crippen LogP) is 5.42. The summed E-state index contributed by atoms with van der Waals surface area (Å²) in [6, 6.07) is 20.6. The minimum Gasteiger partial charge on any atom is -0.445 e. The van der Waals surface area contributed by atoms with Gasteiger partial charge in [0, 0.05) is 18.2 Å². The number of aromatic nitrogens is 1. The zero-order valence-electron chi connectivity index (χ0n) is 22.2. The number of hydrogen-bond acceptors (Lipinski definition) is 9. The second-order valence-corrected chi connectivity index (χ2v) is 12.0. The number of hydrogen-bond donors (Lipinski definition) is 0. The minimum atomic E-state index is -4.60. The van der Waals surface area contributed by atoms with E-state index in [0.717, 1.165) is 27.9 Å². The standard InChI is InChI=1S/C29H26N4O7S2/c1-2-16-40-33(42(37,38)27-15-9-7-13-25(27)32(35)36)23-17-22(28-30-24-12-6-8-14-26(24)41-28)18-31(19-23)29(34)39-20-21-10-4-3-5-11-21/h2-15,17,23H,1,16,18-20H2. The number of rotatable bonds is 10. The Morgan fingerprint density at radius 3 is 2.57 bits per heavy atom. The first-order valence-corrected chi connectivity index (χ1v) is 15.1. The van der Waals surface area contributed by atoms with Crippen LogP contribution in [0.15, 0.2) is 102 Å². The number of carbonyl (C=O) groups excluding carboxylic acids is 1. The van der Waals surface area contributed by atoms with Crippen molar-refractivity contribution < 1.29 is 27.7 Å². The van der Waals surface area contributed by atoms with Gasteiger partial charge in [-0.15, -0.1) is 17.9 Å². The third kappa shape index (κ3) is 6.24. The summed E-state index contributed by atoms with van der Waals surface area (Å²) >= 11 is 1.40. The van der Waals surface area contributed by atoms with Crippen molar-refractivity contribution in [2.24, 2.45) is 0 Å². The van der Waals surface area contributed by atoms with Gasteiger partial charge in [-0.1, -0.05) is 71.2 Å². The first-order valence-electron chi connectivity index (χ1n) is 12.8. The number of ether oxygens (including phenoxy) is 1. The molecule has 1 atom stereocenters. The highest BCUT2D eigenvalue weighted by molar-refractivity contribution is 7.89. The van der Waals surface area contributed by atoms with Gasteiger partial charge in [0.15, 0.2) is 4.90 Å². The number of sulfonamides is 1. The molecule has 3 aromatic carbocycles. The van der Waals surface area contributed by atoms with E-state index < -0.39 is 37.7 Å². The van der Waals surface area contributed by atoms with Crippen LogP contribution in [0.5, 0.6) is 0 Å². The zero-order valence-corrected chi connectivity index (χ0v) is 23.9. The third-order valence-corrected chi connectivity index (χ3v) is 9.22. The molecule has 0 aliphatic carbocycles. The van der Waals surface area contributed by atoms with Gasteiger partial charge in [0.2, 0.25) is 0 Å². The van der Waals surface area contributed by atoms with Gasteiger partial charge in [-0.3, -0.25) is 15.0 Å². The van der Waals surface area contributed by atoms with Crippen molar-refractivity contribution in [2.75, 3.05) is 19.7 Å². The number of nitro benzene ring substituents is 1. The van der Waals surface area contributed by atoms with Crippen molar-refractivity contribution in [2.45, 2.75) is 17.5 Å². The molecule has 0 saturated carbocycles. The van der Waals surface area contributed by atoms with Crippen LogP contribution in [0, 0.1) is 10.1 Å². The molecular formula is C29H26N4O7S2. The highest BCUT2D eigenvalue weighted by atomic mass is 32.2. The van der Waals surface area contributed by atoms with Crippen LogP contribution in [0.2, 0.25) is 0 Å². The molecule has 42 heavy (non-hydrogen) atoms. The first-order chi connectivity index (χ1) is 20.3. The zero-order chi connectivity index (χ0) is 29.7. The van der Waals surface area contributed by atoms with Crippen molar-refractivity contribution in [1.82, 2.24) is 14.4 Å². The summed E-state index contributed by atoms with van der Waals surface area (Å²) in [6.07, 6.45) is 2.35. The van der Waals surface area contributed by atoms with Crippen LogP contribution in [-0.2, 0) is 26.2 Å². The van der Waals surface area contributed by atoms with Crippen LogP contribution >= 0.6 is 11.3 Å². The largest absolute Gasteiger partial charge is 0.445 e. The number of thiazole rings is 1. The molecule has 13 heteroatoms. The molecule has 1 aromatic heterocycles. The van der Waals surface area contributed by atoms with Crippen LogP contribution in [0.1, 0.15) is 10.6 Å². The summed E-state index contributed by atoms with van der Waals surface area (Å²) in [4.78, 5) is 35.4. The van der Waals surface area contributed by atoms with E-state index in [1.807, 2.05) is 54.6 Å². The van der Waals surface area contributed by atoms with E-state index in [1.54, 1.807) is 6.08 Å². The van der Waals surface area contributed by atoms with E-state index in [2.05, 4.69) is 6.58 Å². The molecule has 0 radical (unpaired) electrons. The molecule has 11 nitrogen and oxygen atoms in total. The molecule has 1 aliphatic rings. The molecule has 1 aliphatic heterocycles. The average molecular weight is 607 g/mol. The number of amides is 1. The van der Waals surface area contributed by atoms with Crippen LogP contribution in [0.4, 0.5) is 10.5 Å². The molecule has 216 valence electrons. The van der Waals surface area contributed by atoms with Crippen LogP contribution < -0.4 is 0 Å². The van der Waals surface area contributed by atoms with E-state index >= 15 is 0 Å². The summed E-state index contributed by atoms with van der Waals surface area (Å²) < 4.78 is 35.0. The van der Waals surface area contributed by atoms with Gasteiger partial charge in [-0.2, -0.15) is 0 Å². The van der Waals surface area contributed by atoms with Crippen molar-refractivity contribution in [3.05, 3.63) is 118 Å². The normalized spacial score (nSPS) is 15.4. The molecule has 0 bridgehead atoms. The smallest absolute Gasteiger partial charge is 0.410 e. The third-order valence-electron chi connectivity index (χ3n) is 6.36. The Hall–Kier alpha value is -4.43. The van der Waals surface area contributed by atoms with Gasteiger partial charge in [0.25, 0.3) is 15.7 Å². The topological polar surface area (TPSA) is 132 Å². The molecule has 1 amide bonds. The molecule has 0 spiro atoms. The number of hydroxylamine groups is 1. The molecule has 1 unspecified atom stereocenters. The molecular weight excluding hydrogens is 580 g/mol. The van der Waals surface area contributed by atoms with Gasteiger partial charge < -0.3 is 9.64 Å². The number of fused-ring (bicyclic) bond motifs is 1. The van der Waals surface area contributed by atoms with E-state index in [4.69, 9.17) is 14.6 Å². The molecule has 4 aromatic rings. The predicted molar refractivity (Wildman–Crippen MR) is 158 cm³/mol. The Bertz CT molecular complexity index is 1720. The summed E-state index contributed by atoms with van der Waals surface area (Å²) in [7, 11) is -4.60. The average Bonchev–Trinajstić information content (AvgIpc) is 3.45. The monoisotopic (exact) mass is 606 g/mol. The number of nitro groups is 1. The lowest BCUT2D eigenvalue weighted by Gasteiger charge is -2.35. The number of nitrogens with zero attached hydrogens (tertiary/aromatic N) is 4. The second kappa shape index (κ2) is 12.6. The SMILES string of the molecule is C=CCON(C1C=C(c2nc3ccccc3s2)CN(C(=O)OCc2ccccc2)C1)S(=O)(=O)c1ccccc1[N+](=O)[O-]. The summed E-state index contributed by atoms with van der Waals surface area (Å²) in [5, 5.41) is 12.3. The van der Waals surface area contributed by atoms with E-state index in [1.165, 1.54) is 34.4 Å². The lowest BCUT2D eigenvalue weighted by molar-refractivity contribution is -0.387.